The first-order valence-electron chi connectivity index (χ1n) is 8.69. The van der Waals surface area contributed by atoms with Crippen molar-refractivity contribution in [1.82, 2.24) is 5.32 Å². The van der Waals surface area contributed by atoms with Crippen molar-refractivity contribution in [1.29, 1.82) is 0 Å². The lowest BCUT2D eigenvalue weighted by molar-refractivity contribution is 0.0131. The second-order valence-electron chi connectivity index (χ2n) is 6.18. The third kappa shape index (κ3) is 6.62. The molecule has 1 aliphatic carbocycles. The second kappa shape index (κ2) is 10.1. The molecule has 0 aromatic heterocycles. The van der Waals surface area contributed by atoms with Crippen LogP contribution in [0.25, 0.3) is 0 Å². The summed E-state index contributed by atoms with van der Waals surface area (Å²) < 4.78 is 5.66. The van der Waals surface area contributed by atoms with Crippen molar-refractivity contribution in [3.63, 3.8) is 0 Å². The van der Waals surface area contributed by atoms with Gasteiger partial charge in [0.05, 0.1) is 0 Å². The first-order valence-corrected chi connectivity index (χ1v) is 8.69. The van der Waals surface area contributed by atoms with Gasteiger partial charge in [-0.2, -0.15) is 0 Å². The number of carbonyl (C=O) groups is 1. The summed E-state index contributed by atoms with van der Waals surface area (Å²) in [5, 5.41) is 2.91. The maximum atomic E-state index is 11.8. The smallest absolute Gasteiger partial charge is 0.407 e. The summed E-state index contributed by atoms with van der Waals surface area (Å²) >= 11 is 0. The number of hydrogen-bond acceptors (Lipinski definition) is 2. The second-order valence-corrected chi connectivity index (χ2v) is 6.18. The summed E-state index contributed by atoms with van der Waals surface area (Å²) in [7, 11) is 0. The van der Waals surface area contributed by atoms with Gasteiger partial charge in [0, 0.05) is 6.54 Å². The Labute approximate surface area is 124 Å². The average molecular weight is 283 g/mol. The third-order valence-corrected chi connectivity index (χ3v) is 4.52. The normalized spacial score (nSPS) is 17.1. The van der Waals surface area contributed by atoms with E-state index in [0.29, 0.717) is 0 Å². The van der Waals surface area contributed by atoms with Crippen LogP contribution in [0.3, 0.4) is 0 Å². The molecule has 0 atom stereocenters. The van der Waals surface area contributed by atoms with Crippen molar-refractivity contribution in [3.05, 3.63) is 0 Å². The molecule has 1 fully saturated rings. The van der Waals surface area contributed by atoms with E-state index < -0.39 is 0 Å². The van der Waals surface area contributed by atoms with Gasteiger partial charge in [0.2, 0.25) is 0 Å². The van der Waals surface area contributed by atoms with Crippen LogP contribution in [0.1, 0.15) is 90.9 Å². The summed E-state index contributed by atoms with van der Waals surface area (Å²) in [6.07, 6.45) is 14.1. The summed E-state index contributed by atoms with van der Waals surface area (Å²) in [6, 6.07) is 0. The summed E-state index contributed by atoms with van der Waals surface area (Å²) in [6.45, 7) is 5.12. The number of alkyl carbamates (subject to hydrolysis) is 1. The number of ether oxygens (including phenoxy) is 1. The van der Waals surface area contributed by atoms with Gasteiger partial charge >= 0.3 is 6.09 Å². The molecule has 0 spiro atoms. The van der Waals surface area contributed by atoms with Crippen molar-refractivity contribution in [2.75, 3.05) is 6.54 Å². The zero-order valence-corrected chi connectivity index (χ0v) is 13.5. The number of unbranched alkanes of at least 4 members (excludes halogenated alkanes) is 6. The van der Waals surface area contributed by atoms with Gasteiger partial charge in [0.1, 0.15) is 5.60 Å². The molecule has 0 bridgehead atoms. The van der Waals surface area contributed by atoms with Gasteiger partial charge in [-0.15, -0.1) is 0 Å². The fourth-order valence-electron chi connectivity index (χ4n) is 3.05. The number of hydrogen-bond donors (Lipinski definition) is 1. The Morgan fingerprint density at radius 2 is 1.60 bits per heavy atom. The molecule has 20 heavy (non-hydrogen) atoms. The van der Waals surface area contributed by atoms with E-state index in [1.54, 1.807) is 0 Å². The van der Waals surface area contributed by atoms with Crippen LogP contribution in [-0.4, -0.2) is 18.2 Å². The number of nitrogens with one attached hydrogen (secondary N) is 1. The predicted octanol–water partition coefficient (Wildman–Crippen LogP) is 5.19. The number of amides is 1. The number of carbonyl (C=O) groups excluding carboxylic acids is 1. The van der Waals surface area contributed by atoms with E-state index in [9.17, 15) is 4.79 Å². The highest BCUT2D eigenvalue weighted by atomic mass is 16.6. The third-order valence-electron chi connectivity index (χ3n) is 4.52. The van der Waals surface area contributed by atoms with Crippen molar-refractivity contribution in [3.8, 4) is 0 Å². The van der Waals surface area contributed by atoms with Crippen molar-refractivity contribution in [2.24, 2.45) is 0 Å². The Hall–Kier alpha value is -0.730. The fourth-order valence-corrected chi connectivity index (χ4v) is 3.05. The van der Waals surface area contributed by atoms with Crippen molar-refractivity contribution < 1.29 is 9.53 Å². The Bertz CT molecular complexity index is 260. The molecule has 1 amide bonds. The van der Waals surface area contributed by atoms with Gasteiger partial charge in [0.25, 0.3) is 0 Å². The minimum absolute atomic E-state index is 0.162. The van der Waals surface area contributed by atoms with E-state index in [4.69, 9.17) is 4.74 Å². The summed E-state index contributed by atoms with van der Waals surface area (Å²) in [4.78, 5) is 11.8. The lowest BCUT2D eigenvalue weighted by Crippen LogP contribution is -2.37. The monoisotopic (exact) mass is 283 g/mol. The van der Waals surface area contributed by atoms with Crippen LogP contribution in [0.5, 0.6) is 0 Å². The largest absolute Gasteiger partial charge is 0.443 e. The zero-order valence-electron chi connectivity index (χ0n) is 13.5. The zero-order chi connectivity index (χ0) is 14.7. The highest BCUT2D eigenvalue weighted by Crippen LogP contribution is 2.35. The lowest BCUT2D eigenvalue weighted by atomic mass is 9.99. The molecule has 118 valence electrons. The van der Waals surface area contributed by atoms with Gasteiger partial charge in [-0.1, -0.05) is 52.4 Å². The minimum atomic E-state index is -0.209. The first-order chi connectivity index (χ1) is 9.72. The van der Waals surface area contributed by atoms with Crippen LogP contribution in [-0.2, 0) is 4.74 Å². The van der Waals surface area contributed by atoms with Crippen molar-refractivity contribution >= 4 is 6.09 Å². The Balaban J connectivity index is 2.00. The summed E-state index contributed by atoms with van der Waals surface area (Å²) in [5.41, 5.74) is -0.162. The highest BCUT2D eigenvalue weighted by Gasteiger charge is 2.35. The Morgan fingerprint density at radius 1 is 1.00 bits per heavy atom. The molecule has 3 nitrogen and oxygen atoms in total. The molecule has 0 aliphatic heterocycles. The van der Waals surface area contributed by atoms with Gasteiger partial charge in [0.15, 0.2) is 0 Å². The van der Waals surface area contributed by atoms with Crippen molar-refractivity contribution in [2.45, 2.75) is 96.5 Å². The molecule has 1 N–H and O–H groups in total. The minimum Gasteiger partial charge on any atom is -0.443 e. The van der Waals surface area contributed by atoms with Crippen LogP contribution >= 0.6 is 0 Å². The number of rotatable bonds is 10. The maximum Gasteiger partial charge on any atom is 0.407 e. The maximum absolute atomic E-state index is 11.8. The van der Waals surface area contributed by atoms with E-state index in [-0.39, 0.29) is 11.7 Å². The molecular weight excluding hydrogens is 250 g/mol. The molecule has 0 aromatic carbocycles. The van der Waals surface area contributed by atoms with Gasteiger partial charge in [-0.25, -0.2) is 4.79 Å². The van der Waals surface area contributed by atoms with E-state index >= 15 is 0 Å². The standard InChI is InChI=1S/C17H33NO2/c1-3-5-6-7-8-9-12-15-18-16(19)20-17(4-2)13-10-11-14-17/h3-15H2,1-2H3,(H,18,19). The van der Waals surface area contributed by atoms with E-state index in [2.05, 4.69) is 19.2 Å². The summed E-state index contributed by atoms with van der Waals surface area (Å²) in [5.74, 6) is 0. The molecule has 3 heteroatoms. The topological polar surface area (TPSA) is 38.3 Å². The average Bonchev–Trinajstić information content (AvgIpc) is 2.91. The first kappa shape index (κ1) is 17.3. The molecule has 0 radical (unpaired) electrons. The van der Waals surface area contributed by atoms with Gasteiger partial charge in [-0.05, 0) is 38.5 Å². The van der Waals surface area contributed by atoms with Crippen LogP contribution in [0.15, 0.2) is 0 Å². The molecule has 1 aliphatic rings. The highest BCUT2D eigenvalue weighted by molar-refractivity contribution is 5.67. The van der Waals surface area contributed by atoms with Crippen LogP contribution in [0.4, 0.5) is 4.79 Å². The van der Waals surface area contributed by atoms with Crippen LogP contribution in [0, 0.1) is 0 Å². The molecule has 0 saturated heterocycles. The van der Waals surface area contributed by atoms with E-state index in [1.165, 1.54) is 51.4 Å². The molecule has 0 aromatic rings. The Kier molecular flexibility index (Phi) is 8.72. The van der Waals surface area contributed by atoms with Crippen LogP contribution in [0.2, 0.25) is 0 Å². The van der Waals surface area contributed by atoms with Gasteiger partial charge < -0.3 is 10.1 Å². The van der Waals surface area contributed by atoms with E-state index in [1.807, 2.05) is 0 Å². The predicted molar refractivity (Wildman–Crippen MR) is 84.0 cm³/mol. The fraction of sp³-hybridized carbons (Fsp3) is 0.941. The molecular formula is C17H33NO2. The quantitative estimate of drug-likeness (QED) is 0.561. The Morgan fingerprint density at radius 3 is 2.20 bits per heavy atom. The van der Waals surface area contributed by atoms with Gasteiger partial charge in [-0.3, -0.25) is 0 Å². The SMILES string of the molecule is CCCCCCCCCNC(=O)OC1(CC)CCCC1. The molecule has 1 saturated carbocycles. The molecule has 0 unspecified atom stereocenters. The van der Waals surface area contributed by atoms with Crippen LogP contribution < -0.4 is 5.32 Å². The molecule has 1 rings (SSSR count). The molecule has 0 heterocycles. The van der Waals surface area contributed by atoms with E-state index in [0.717, 1.165) is 32.2 Å². The lowest BCUT2D eigenvalue weighted by Gasteiger charge is -2.27.